The van der Waals surface area contributed by atoms with Crippen molar-refractivity contribution >= 4 is 40.2 Å². The van der Waals surface area contributed by atoms with Gasteiger partial charge in [0.1, 0.15) is 16.5 Å². The van der Waals surface area contributed by atoms with Gasteiger partial charge in [-0.25, -0.2) is 14.4 Å². The number of ether oxygens (including phenoxy) is 5. The molecule has 1 aliphatic heterocycles. The van der Waals surface area contributed by atoms with Crippen LogP contribution in [0.4, 0.5) is 5.00 Å². The van der Waals surface area contributed by atoms with Crippen LogP contribution in [0.1, 0.15) is 39.4 Å². The second kappa shape index (κ2) is 10.8. The average molecular weight is 477 g/mol. The lowest BCUT2D eigenvalue weighted by atomic mass is 10.1. The third-order valence-electron chi connectivity index (χ3n) is 4.46. The standard InChI is InChI=1S/C22H23NO9S/c1-4-28-21(26)17-12(3)18(22(27)29-5-2)33-19(17)23-16(24)11-31-20(25)15-10-30-13-8-6-7-9-14(13)32-15/h6-9,15H,4-5,10-11H2,1-3H3,(H,23,24). The van der Waals surface area contributed by atoms with Crippen molar-refractivity contribution in [2.45, 2.75) is 26.9 Å². The fraction of sp³-hybridized carbons (Fsp3) is 0.364. The number of esters is 3. The molecule has 0 aliphatic carbocycles. The maximum atomic E-state index is 12.4. The van der Waals surface area contributed by atoms with E-state index in [1.807, 2.05) is 0 Å². The van der Waals surface area contributed by atoms with Crippen molar-refractivity contribution < 1.29 is 42.9 Å². The number of amides is 1. The van der Waals surface area contributed by atoms with Crippen LogP contribution < -0.4 is 14.8 Å². The zero-order valence-electron chi connectivity index (χ0n) is 18.3. The molecule has 176 valence electrons. The minimum Gasteiger partial charge on any atom is -0.485 e. The molecule has 2 heterocycles. The number of carbonyl (C=O) groups excluding carboxylic acids is 4. The first-order valence-corrected chi connectivity index (χ1v) is 11.0. The molecule has 3 rings (SSSR count). The van der Waals surface area contributed by atoms with Crippen molar-refractivity contribution in [1.29, 1.82) is 0 Å². The van der Waals surface area contributed by atoms with E-state index in [2.05, 4.69) is 5.32 Å². The lowest BCUT2D eigenvalue weighted by molar-refractivity contribution is -0.156. The maximum Gasteiger partial charge on any atom is 0.351 e. The smallest absolute Gasteiger partial charge is 0.351 e. The SMILES string of the molecule is CCOC(=O)c1sc(NC(=O)COC(=O)C2COc3ccccc3O2)c(C(=O)OCC)c1C. The number of anilines is 1. The Balaban J connectivity index is 1.65. The van der Waals surface area contributed by atoms with Crippen LogP contribution in [0.15, 0.2) is 24.3 Å². The normalized spacial score (nSPS) is 14.2. The lowest BCUT2D eigenvalue weighted by Crippen LogP contribution is -2.39. The molecule has 33 heavy (non-hydrogen) atoms. The molecule has 0 radical (unpaired) electrons. The highest BCUT2D eigenvalue weighted by molar-refractivity contribution is 7.18. The predicted octanol–water partition coefficient (Wildman–Crippen LogP) is 2.73. The molecule has 2 aromatic rings. The topological polar surface area (TPSA) is 126 Å². The first-order chi connectivity index (χ1) is 15.8. The molecule has 11 heteroatoms. The van der Waals surface area contributed by atoms with Gasteiger partial charge in [0.15, 0.2) is 18.1 Å². The van der Waals surface area contributed by atoms with Crippen LogP contribution in [-0.4, -0.2) is 56.3 Å². The lowest BCUT2D eigenvalue weighted by Gasteiger charge is -2.24. The van der Waals surface area contributed by atoms with Crippen molar-refractivity contribution in [3.05, 3.63) is 40.3 Å². The van der Waals surface area contributed by atoms with Gasteiger partial charge in [-0.15, -0.1) is 11.3 Å². The first kappa shape index (κ1) is 24.1. The van der Waals surface area contributed by atoms with E-state index in [1.54, 1.807) is 45.0 Å². The molecule has 1 unspecified atom stereocenters. The molecule has 1 aromatic heterocycles. The molecular weight excluding hydrogens is 454 g/mol. The van der Waals surface area contributed by atoms with E-state index < -0.39 is 36.5 Å². The molecule has 0 bridgehead atoms. The van der Waals surface area contributed by atoms with E-state index in [4.69, 9.17) is 23.7 Å². The Morgan fingerprint density at radius 2 is 1.70 bits per heavy atom. The first-order valence-electron chi connectivity index (χ1n) is 10.2. The molecule has 1 aliphatic rings. The molecule has 1 atom stereocenters. The molecule has 1 amide bonds. The number of para-hydroxylation sites is 2. The van der Waals surface area contributed by atoms with Crippen LogP contribution in [0, 0.1) is 6.92 Å². The predicted molar refractivity (Wildman–Crippen MR) is 117 cm³/mol. The number of hydrogen-bond donors (Lipinski definition) is 1. The van der Waals surface area contributed by atoms with Gasteiger partial charge < -0.3 is 29.0 Å². The summed E-state index contributed by atoms with van der Waals surface area (Å²) in [5.41, 5.74) is 0.376. The molecule has 0 saturated heterocycles. The summed E-state index contributed by atoms with van der Waals surface area (Å²) < 4.78 is 26.1. The average Bonchev–Trinajstić information content (AvgIpc) is 3.13. The maximum absolute atomic E-state index is 12.4. The summed E-state index contributed by atoms with van der Waals surface area (Å²) >= 11 is 0.879. The molecular formula is C22H23NO9S. The molecule has 1 N–H and O–H groups in total. The van der Waals surface area contributed by atoms with Crippen molar-refractivity contribution in [1.82, 2.24) is 0 Å². The van der Waals surface area contributed by atoms with Gasteiger partial charge in [-0.3, -0.25) is 4.79 Å². The van der Waals surface area contributed by atoms with E-state index in [9.17, 15) is 19.2 Å². The molecule has 0 spiro atoms. The van der Waals surface area contributed by atoms with E-state index >= 15 is 0 Å². The van der Waals surface area contributed by atoms with Crippen molar-refractivity contribution in [2.75, 3.05) is 31.7 Å². The fourth-order valence-corrected chi connectivity index (χ4v) is 4.07. The number of benzene rings is 1. The summed E-state index contributed by atoms with van der Waals surface area (Å²) in [6.07, 6.45) is -1.03. The Hall–Kier alpha value is -3.60. The minimum atomic E-state index is -1.03. The van der Waals surface area contributed by atoms with Crippen LogP contribution in [0.3, 0.4) is 0 Å². The van der Waals surface area contributed by atoms with Crippen LogP contribution in [0.25, 0.3) is 0 Å². The van der Waals surface area contributed by atoms with Crippen LogP contribution in [0.5, 0.6) is 11.5 Å². The summed E-state index contributed by atoms with van der Waals surface area (Å²) in [7, 11) is 0. The van der Waals surface area contributed by atoms with E-state index in [0.29, 0.717) is 17.1 Å². The zero-order chi connectivity index (χ0) is 24.0. The fourth-order valence-electron chi connectivity index (χ4n) is 2.97. The number of rotatable bonds is 8. The third-order valence-corrected chi connectivity index (χ3v) is 5.64. The van der Waals surface area contributed by atoms with Crippen LogP contribution in [0.2, 0.25) is 0 Å². The van der Waals surface area contributed by atoms with Gasteiger partial charge in [0.25, 0.3) is 5.91 Å². The Morgan fingerprint density at radius 1 is 1.03 bits per heavy atom. The highest BCUT2D eigenvalue weighted by Gasteiger charge is 2.30. The van der Waals surface area contributed by atoms with E-state index in [0.717, 1.165) is 11.3 Å². The quantitative estimate of drug-likeness (QED) is 0.451. The highest BCUT2D eigenvalue weighted by Crippen LogP contribution is 2.34. The Morgan fingerprint density at radius 3 is 2.39 bits per heavy atom. The summed E-state index contributed by atoms with van der Waals surface area (Å²) in [6.45, 7) is 4.43. The van der Waals surface area contributed by atoms with Crippen molar-refractivity contribution in [3.63, 3.8) is 0 Å². The van der Waals surface area contributed by atoms with Crippen molar-refractivity contribution in [3.8, 4) is 11.5 Å². The number of thiophene rings is 1. The molecule has 0 fully saturated rings. The second-order valence-electron chi connectivity index (χ2n) is 6.72. The van der Waals surface area contributed by atoms with Crippen molar-refractivity contribution in [2.24, 2.45) is 0 Å². The molecule has 10 nitrogen and oxygen atoms in total. The highest BCUT2D eigenvalue weighted by atomic mass is 32.1. The van der Waals surface area contributed by atoms with Gasteiger partial charge in [0.2, 0.25) is 6.10 Å². The number of carbonyl (C=O) groups is 4. The summed E-state index contributed by atoms with van der Waals surface area (Å²) in [4.78, 5) is 49.5. The molecule has 0 saturated carbocycles. The summed E-state index contributed by atoms with van der Waals surface area (Å²) in [6, 6.07) is 6.87. The van der Waals surface area contributed by atoms with Crippen LogP contribution in [-0.2, 0) is 23.8 Å². The van der Waals surface area contributed by atoms with Gasteiger partial charge in [0, 0.05) is 0 Å². The van der Waals surface area contributed by atoms with Gasteiger partial charge in [-0.05, 0) is 38.5 Å². The monoisotopic (exact) mass is 477 g/mol. The van der Waals surface area contributed by atoms with E-state index in [1.165, 1.54) is 0 Å². The second-order valence-corrected chi connectivity index (χ2v) is 7.74. The number of hydrogen-bond acceptors (Lipinski definition) is 10. The Bertz CT molecular complexity index is 1060. The number of fused-ring (bicyclic) bond motifs is 1. The Kier molecular flexibility index (Phi) is 7.88. The zero-order valence-corrected chi connectivity index (χ0v) is 19.1. The summed E-state index contributed by atoms with van der Waals surface area (Å²) in [5.74, 6) is -1.89. The minimum absolute atomic E-state index is 0.0465. The number of nitrogens with one attached hydrogen (secondary N) is 1. The summed E-state index contributed by atoms with van der Waals surface area (Å²) in [5, 5.41) is 2.60. The van der Waals surface area contributed by atoms with Gasteiger partial charge >= 0.3 is 17.9 Å². The van der Waals surface area contributed by atoms with Gasteiger partial charge in [0.05, 0.1) is 18.8 Å². The largest absolute Gasteiger partial charge is 0.485 e. The Labute approximate surface area is 193 Å². The van der Waals surface area contributed by atoms with Gasteiger partial charge in [-0.2, -0.15) is 0 Å². The third kappa shape index (κ3) is 5.61. The molecule has 1 aromatic carbocycles. The van der Waals surface area contributed by atoms with Gasteiger partial charge in [-0.1, -0.05) is 12.1 Å². The van der Waals surface area contributed by atoms with E-state index in [-0.39, 0.29) is 35.3 Å². The van der Waals surface area contributed by atoms with Crippen LogP contribution >= 0.6 is 11.3 Å².